The zero-order valence-corrected chi connectivity index (χ0v) is 16.3. The van der Waals surface area contributed by atoms with Gasteiger partial charge in [0.15, 0.2) is 0 Å². The third kappa shape index (κ3) is 2.80. The molecule has 2 atom stereocenters. The van der Waals surface area contributed by atoms with E-state index in [0.29, 0.717) is 12.0 Å². The maximum atomic E-state index is 5.25. The van der Waals surface area contributed by atoms with Gasteiger partial charge in [-0.15, -0.1) is 11.3 Å². The van der Waals surface area contributed by atoms with Crippen molar-refractivity contribution in [3.05, 3.63) is 53.5 Å². The summed E-state index contributed by atoms with van der Waals surface area (Å²) in [6, 6.07) is 10.9. The Balaban J connectivity index is 1.46. The molecule has 5 rings (SSSR count). The SMILES string of the molecule is COc1ccc(C2CC2Nc2ncnc3c2sc2nc(C)cc(C)c23)cc1. The number of thiophene rings is 1. The highest BCUT2D eigenvalue weighted by Gasteiger charge is 2.39. The number of hydrogen-bond acceptors (Lipinski definition) is 6. The van der Waals surface area contributed by atoms with Crippen LogP contribution in [0.15, 0.2) is 36.7 Å². The van der Waals surface area contributed by atoms with Crippen LogP contribution in [0.1, 0.15) is 29.2 Å². The summed E-state index contributed by atoms with van der Waals surface area (Å²) in [4.78, 5) is 14.8. The van der Waals surface area contributed by atoms with Crippen LogP contribution in [0.4, 0.5) is 5.82 Å². The number of pyridine rings is 1. The second-order valence-electron chi connectivity index (χ2n) is 7.13. The van der Waals surface area contributed by atoms with E-state index < -0.39 is 0 Å². The van der Waals surface area contributed by atoms with Gasteiger partial charge in [-0.25, -0.2) is 15.0 Å². The van der Waals surface area contributed by atoms with Gasteiger partial charge < -0.3 is 10.1 Å². The first-order valence-corrected chi connectivity index (χ1v) is 9.87. The minimum absolute atomic E-state index is 0.400. The fourth-order valence-electron chi connectivity index (χ4n) is 3.76. The molecule has 3 heterocycles. The van der Waals surface area contributed by atoms with Crippen LogP contribution in [0.5, 0.6) is 5.75 Å². The van der Waals surface area contributed by atoms with Crippen molar-refractivity contribution in [2.45, 2.75) is 32.2 Å². The molecule has 0 radical (unpaired) electrons. The molecule has 0 aliphatic heterocycles. The van der Waals surface area contributed by atoms with Crippen molar-refractivity contribution in [2.24, 2.45) is 0 Å². The number of hydrogen-bond donors (Lipinski definition) is 1. The number of anilines is 1. The van der Waals surface area contributed by atoms with Gasteiger partial charge in [0.1, 0.15) is 22.7 Å². The average molecular weight is 376 g/mol. The quantitative estimate of drug-likeness (QED) is 0.553. The Hall–Kier alpha value is -2.73. The summed E-state index contributed by atoms with van der Waals surface area (Å²) < 4.78 is 6.34. The third-order valence-corrected chi connectivity index (χ3v) is 6.29. The minimum Gasteiger partial charge on any atom is -0.497 e. The van der Waals surface area contributed by atoms with Gasteiger partial charge in [-0.05, 0) is 49.6 Å². The standard InChI is InChI=1S/C21H20N4OS/c1-11-8-12(2)24-21-17(11)18-19(27-21)20(23-10-22-18)25-16-9-15(16)13-4-6-14(26-3)7-5-13/h4-8,10,15-16H,9H2,1-3H3,(H,22,23,25). The summed E-state index contributed by atoms with van der Waals surface area (Å²) in [6.07, 6.45) is 2.76. The first-order valence-electron chi connectivity index (χ1n) is 9.06. The number of benzene rings is 1. The van der Waals surface area contributed by atoms with Gasteiger partial charge in [0.2, 0.25) is 0 Å². The first kappa shape index (κ1) is 16.4. The molecule has 0 amide bonds. The lowest BCUT2D eigenvalue weighted by atomic mass is 10.1. The van der Waals surface area contributed by atoms with E-state index in [1.165, 1.54) is 11.1 Å². The highest BCUT2D eigenvalue weighted by molar-refractivity contribution is 7.26. The second kappa shape index (κ2) is 6.16. The van der Waals surface area contributed by atoms with Crippen LogP contribution < -0.4 is 10.1 Å². The van der Waals surface area contributed by atoms with Crippen LogP contribution in [0.2, 0.25) is 0 Å². The molecule has 1 aromatic carbocycles. The van der Waals surface area contributed by atoms with Crippen molar-refractivity contribution < 1.29 is 4.74 Å². The lowest BCUT2D eigenvalue weighted by molar-refractivity contribution is 0.414. The van der Waals surface area contributed by atoms with Crippen LogP contribution in [-0.2, 0) is 0 Å². The number of ether oxygens (including phenoxy) is 1. The third-order valence-electron chi connectivity index (χ3n) is 5.21. The molecule has 6 heteroatoms. The van der Waals surface area contributed by atoms with Gasteiger partial charge in [0, 0.05) is 23.0 Å². The molecule has 1 aliphatic rings. The summed E-state index contributed by atoms with van der Waals surface area (Å²) in [7, 11) is 1.69. The van der Waals surface area contributed by atoms with Crippen molar-refractivity contribution in [3.63, 3.8) is 0 Å². The molecule has 136 valence electrons. The average Bonchev–Trinajstić information content (AvgIpc) is 3.32. The molecule has 1 N–H and O–H groups in total. The number of fused-ring (bicyclic) bond motifs is 3. The number of nitrogens with zero attached hydrogens (tertiary/aromatic N) is 3. The van der Waals surface area contributed by atoms with Crippen molar-refractivity contribution >= 4 is 37.6 Å². The summed E-state index contributed by atoms with van der Waals surface area (Å²) in [6.45, 7) is 4.16. The van der Waals surface area contributed by atoms with Gasteiger partial charge >= 0.3 is 0 Å². The maximum Gasteiger partial charge on any atom is 0.147 e. The van der Waals surface area contributed by atoms with E-state index in [9.17, 15) is 0 Å². The number of nitrogens with one attached hydrogen (secondary N) is 1. The zero-order chi connectivity index (χ0) is 18.5. The number of aryl methyl sites for hydroxylation is 2. The smallest absolute Gasteiger partial charge is 0.147 e. The Labute approximate surface area is 161 Å². The second-order valence-corrected chi connectivity index (χ2v) is 8.13. The van der Waals surface area contributed by atoms with E-state index in [2.05, 4.69) is 40.4 Å². The molecule has 4 aromatic rings. The van der Waals surface area contributed by atoms with Crippen LogP contribution >= 0.6 is 11.3 Å². The topological polar surface area (TPSA) is 59.9 Å². The van der Waals surface area contributed by atoms with E-state index in [4.69, 9.17) is 9.72 Å². The Kier molecular flexibility index (Phi) is 3.75. The van der Waals surface area contributed by atoms with E-state index in [1.807, 2.05) is 19.1 Å². The maximum absolute atomic E-state index is 5.25. The molecule has 0 saturated heterocycles. The highest BCUT2D eigenvalue weighted by Crippen LogP contribution is 2.45. The van der Waals surface area contributed by atoms with Gasteiger partial charge in [-0.3, -0.25) is 0 Å². The molecular formula is C21H20N4OS. The zero-order valence-electron chi connectivity index (χ0n) is 15.5. The van der Waals surface area contributed by atoms with Gasteiger partial charge in [-0.2, -0.15) is 0 Å². The van der Waals surface area contributed by atoms with E-state index in [-0.39, 0.29) is 0 Å². The Morgan fingerprint density at radius 1 is 1.15 bits per heavy atom. The molecular weight excluding hydrogens is 356 g/mol. The lowest BCUT2D eigenvalue weighted by Crippen LogP contribution is -2.06. The van der Waals surface area contributed by atoms with Crippen molar-refractivity contribution in [1.29, 1.82) is 0 Å². The van der Waals surface area contributed by atoms with Crippen LogP contribution in [-0.4, -0.2) is 28.1 Å². The monoisotopic (exact) mass is 376 g/mol. The van der Waals surface area contributed by atoms with Crippen molar-refractivity contribution in [1.82, 2.24) is 15.0 Å². The van der Waals surface area contributed by atoms with Crippen LogP contribution in [0.3, 0.4) is 0 Å². The summed E-state index contributed by atoms with van der Waals surface area (Å²) >= 11 is 1.67. The first-order chi connectivity index (χ1) is 13.1. The molecule has 0 bridgehead atoms. The number of aromatic nitrogens is 3. The molecule has 1 saturated carbocycles. The van der Waals surface area contributed by atoms with E-state index in [1.54, 1.807) is 24.8 Å². The minimum atomic E-state index is 0.400. The predicted octanol–water partition coefficient (Wildman–Crippen LogP) is 4.83. The van der Waals surface area contributed by atoms with Crippen molar-refractivity contribution in [2.75, 3.05) is 12.4 Å². The van der Waals surface area contributed by atoms with E-state index >= 15 is 0 Å². The Morgan fingerprint density at radius 2 is 1.96 bits per heavy atom. The van der Waals surface area contributed by atoms with E-state index in [0.717, 1.165) is 44.1 Å². The molecule has 27 heavy (non-hydrogen) atoms. The largest absolute Gasteiger partial charge is 0.497 e. The highest BCUT2D eigenvalue weighted by atomic mass is 32.1. The predicted molar refractivity (Wildman–Crippen MR) is 110 cm³/mol. The molecule has 2 unspecified atom stereocenters. The lowest BCUT2D eigenvalue weighted by Gasteiger charge is -2.06. The summed E-state index contributed by atoms with van der Waals surface area (Å²) in [5.74, 6) is 2.32. The summed E-state index contributed by atoms with van der Waals surface area (Å²) in [5.41, 5.74) is 4.59. The normalized spacial score (nSPS) is 18.8. The number of rotatable bonds is 4. The van der Waals surface area contributed by atoms with Gasteiger partial charge in [0.05, 0.1) is 17.3 Å². The molecule has 5 nitrogen and oxygen atoms in total. The van der Waals surface area contributed by atoms with Crippen LogP contribution in [0, 0.1) is 13.8 Å². The Morgan fingerprint density at radius 3 is 2.74 bits per heavy atom. The summed E-state index contributed by atoms with van der Waals surface area (Å²) in [5, 5.41) is 4.78. The molecule has 1 aliphatic carbocycles. The van der Waals surface area contributed by atoms with Crippen molar-refractivity contribution in [3.8, 4) is 5.75 Å². The fourth-order valence-corrected chi connectivity index (χ4v) is 4.96. The van der Waals surface area contributed by atoms with Crippen LogP contribution in [0.25, 0.3) is 20.4 Å². The van der Waals surface area contributed by atoms with Gasteiger partial charge in [-0.1, -0.05) is 12.1 Å². The molecule has 0 spiro atoms. The van der Waals surface area contributed by atoms with Gasteiger partial charge in [0.25, 0.3) is 0 Å². The molecule has 1 fully saturated rings. The fraction of sp³-hybridized carbons (Fsp3) is 0.286. The molecule has 3 aromatic heterocycles. The number of methoxy groups -OCH3 is 1. The Bertz CT molecular complexity index is 1150.